The minimum atomic E-state index is 0.00242. The number of furan rings is 1. The maximum absolute atomic E-state index is 12.8. The van der Waals surface area contributed by atoms with Crippen molar-refractivity contribution in [2.24, 2.45) is 11.8 Å². The molecule has 0 radical (unpaired) electrons. The van der Waals surface area contributed by atoms with Gasteiger partial charge in [-0.05, 0) is 48.6 Å². The molecule has 2 unspecified atom stereocenters. The van der Waals surface area contributed by atoms with E-state index in [0.29, 0.717) is 40.6 Å². The number of ether oxygens (including phenoxy) is 2. The number of ketones is 1. The van der Waals surface area contributed by atoms with Crippen LogP contribution in [0.2, 0.25) is 0 Å². The lowest BCUT2D eigenvalue weighted by Crippen LogP contribution is -2.40. The Morgan fingerprint density at radius 2 is 1.94 bits per heavy atom. The summed E-state index contributed by atoms with van der Waals surface area (Å²) in [6.45, 7) is 7.15. The fourth-order valence-corrected chi connectivity index (χ4v) is 5.26. The molecule has 9 heteroatoms. The third kappa shape index (κ3) is 4.34. The molecular weight excluding hydrogens is 428 g/mol. The van der Waals surface area contributed by atoms with Gasteiger partial charge < -0.3 is 18.8 Å². The zero-order valence-electron chi connectivity index (χ0n) is 18.2. The van der Waals surface area contributed by atoms with Crippen molar-refractivity contribution in [2.75, 3.05) is 30.5 Å². The van der Waals surface area contributed by atoms with E-state index in [1.165, 1.54) is 18.2 Å². The highest BCUT2D eigenvalue weighted by atomic mass is 32.2. The maximum atomic E-state index is 12.8. The van der Waals surface area contributed by atoms with Gasteiger partial charge in [-0.1, -0.05) is 25.6 Å². The minimum Gasteiger partial charge on any atom is -0.467 e. The van der Waals surface area contributed by atoms with Crippen molar-refractivity contribution in [2.45, 2.75) is 32.0 Å². The molecule has 0 N–H and O–H groups in total. The summed E-state index contributed by atoms with van der Waals surface area (Å²) in [4.78, 5) is 15.1. The van der Waals surface area contributed by atoms with Crippen LogP contribution in [0.25, 0.3) is 0 Å². The molecule has 3 aromatic rings. The van der Waals surface area contributed by atoms with Crippen molar-refractivity contribution < 1.29 is 18.7 Å². The van der Waals surface area contributed by atoms with E-state index < -0.39 is 0 Å². The van der Waals surface area contributed by atoms with Crippen LogP contribution in [-0.2, 0) is 6.54 Å². The van der Waals surface area contributed by atoms with E-state index in [1.54, 1.807) is 24.5 Å². The Balaban J connectivity index is 1.36. The number of hydrogen-bond donors (Lipinski definition) is 0. The highest BCUT2D eigenvalue weighted by Crippen LogP contribution is 2.33. The molecule has 0 amide bonds. The second-order valence-corrected chi connectivity index (χ2v) is 9.52. The molecule has 0 bridgehead atoms. The maximum Gasteiger partial charge on any atom is 0.231 e. The monoisotopic (exact) mass is 454 g/mol. The molecule has 4 heterocycles. The summed E-state index contributed by atoms with van der Waals surface area (Å²) in [5.41, 5.74) is 0.595. The Bertz CT molecular complexity index is 1090. The minimum absolute atomic E-state index is 0.00242. The molecule has 0 saturated carbocycles. The average Bonchev–Trinajstić information content (AvgIpc) is 3.52. The molecule has 32 heavy (non-hydrogen) atoms. The second kappa shape index (κ2) is 8.90. The van der Waals surface area contributed by atoms with Crippen molar-refractivity contribution in [1.82, 2.24) is 14.8 Å². The average molecular weight is 455 g/mol. The van der Waals surface area contributed by atoms with Crippen LogP contribution in [-0.4, -0.2) is 46.2 Å². The van der Waals surface area contributed by atoms with E-state index in [4.69, 9.17) is 13.9 Å². The number of fused-ring (bicyclic) bond motifs is 1. The number of piperidine rings is 1. The number of carbonyl (C=O) groups is 1. The Morgan fingerprint density at radius 1 is 1.12 bits per heavy atom. The van der Waals surface area contributed by atoms with Gasteiger partial charge in [0.2, 0.25) is 12.7 Å². The van der Waals surface area contributed by atoms with Crippen LogP contribution in [0, 0.1) is 11.8 Å². The standard InChI is InChI=1S/C23H26N4O4S/c1-15-8-16(2)11-26(10-15)22-24-25-23(27(22)12-18-4-3-7-29-18)32-13-19(28)17-5-6-20-21(9-17)31-14-30-20/h3-7,9,15-16H,8,10-14H2,1-2H3. The molecule has 168 valence electrons. The van der Waals surface area contributed by atoms with Crippen molar-refractivity contribution in [3.63, 3.8) is 0 Å². The summed E-state index contributed by atoms with van der Waals surface area (Å²) in [6, 6.07) is 9.10. The number of Topliss-reactive ketones (excluding diaryl/α,β-unsaturated/α-hetero) is 1. The molecule has 2 aromatic heterocycles. The third-order valence-electron chi connectivity index (χ3n) is 5.77. The number of carbonyl (C=O) groups excluding carboxylic acids is 1. The summed E-state index contributed by atoms with van der Waals surface area (Å²) in [5, 5.41) is 9.66. The lowest BCUT2D eigenvalue weighted by Gasteiger charge is -2.35. The van der Waals surface area contributed by atoms with Gasteiger partial charge in [0.05, 0.1) is 18.6 Å². The number of rotatable bonds is 7. The van der Waals surface area contributed by atoms with Crippen LogP contribution >= 0.6 is 11.8 Å². The molecule has 5 rings (SSSR count). The van der Waals surface area contributed by atoms with E-state index in [0.717, 1.165) is 24.8 Å². The van der Waals surface area contributed by atoms with Crippen LogP contribution in [0.3, 0.4) is 0 Å². The van der Waals surface area contributed by atoms with Crippen LogP contribution in [0.5, 0.6) is 11.5 Å². The lowest BCUT2D eigenvalue weighted by atomic mass is 9.92. The summed E-state index contributed by atoms with van der Waals surface area (Å²) >= 11 is 1.39. The van der Waals surface area contributed by atoms with E-state index in [9.17, 15) is 4.79 Å². The zero-order chi connectivity index (χ0) is 22.1. The zero-order valence-corrected chi connectivity index (χ0v) is 19.0. The summed E-state index contributed by atoms with van der Waals surface area (Å²) < 4.78 is 18.4. The molecule has 1 fully saturated rings. The van der Waals surface area contributed by atoms with Crippen molar-refractivity contribution >= 4 is 23.5 Å². The second-order valence-electron chi connectivity index (χ2n) is 8.58. The Kier molecular flexibility index (Phi) is 5.82. The van der Waals surface area contributed by atoms with Gasteiger partial charge >= 0.3 is 0 Å². The van der Waals surface area contributed by atoms with Crippen LogP contribution in [0.4, 0.5) is 5.95 Å². The molecule has 0 aliphatic carbocycles. The molecule has 2 aliphatic heterocycles. The Labute approximate surface area is 190 Å². The summed E-state index contributed by atoms with van der Waals surface area (Å²) in [6.07, 6.45) is 2.88. The number of thioether (sulfide) groups is 1. The van der Waals surface area contributed by atoms with Crippen molar-refractivity contribution in [3.8, 4) is 11.5 Å². The quantitative estimate of drug-likeness (QED) is 0.390. The predicted molar refractivity (Wildman–Crippen MR) is 121 cm³/mol. The van der Waals surface area contributed by atoms with E-state index in [-0.39, 0.29) is 18.3 Å². The number of nitrogens with zero attached hydrogens (tertiary/aromatic N) is 4. The van der Waals surface area contributed by atoms with E-state index in [2.05, 4.69) is 33.5 Å². The lowest BCUT2D eigenvalue weighted by molar-refractivity contribution is 0.102. The molecule has 0 spiro atoms. The van der Waals surface area contributed by atoms with Gasteiger partial charge in [0, 0.05) is 18.7 Å². The van der Waals surface area contributed by atoms with Crippen LogP contribution < -0.4 is 14.4 Å². The molecule has 8 nitrogen and oxygen atoms in total. The van der Waals surface area contributed by atoms with Crippen molar-refractivity contribution in [1.29, 1.82) is 0 Å². The first-order chi connectivity index (χ1) is 15.6. The number of hydrogen-bond acceptors (Lipinski definition) is 8. The van der Waals surface area contributed by atoms with E-state index in [1.807, 2.05) is 12.1 Å². The van der Waals surface area contributed by atoms with Gasteiger partial charge in [-0.2, -0.15) is 0 Å². The first kappa shape index (κ1) is 20.9. The molecular formula is C23H26N4O4S. The Hall–Kier alpha value is -2.94. The van der Waals surface area contributed by atoms with Gasteiger partial charge in [0.1, 0.15) is 5.76 Å². The van der Waals surface area contributed by atoms with Crippen LogP contribution in [0.1, 0.15) is 36.4 Å². The topological polar surface area (TPSA) is 82.6 Å². The first-order valence-corrected chi connectivity index (χ1v) is 11.8. The van der Waals surface area contributed by atoms with E-state index >= 15 is 0 Å². The number of anilines is 1. The molecule has 1 saturated heterocycles. The van der Waals surface area contributed by atoms with Gasteiger partial charge in [-0.15, -0.1) is 10.2 Å². The Morgan fingerprint density at radius 3 is 2.72 bits per heavy atom. The fourth-order valence-electron chi connectivity index (χ4n) is 4.43. The third-order valence-corrected chi connectivity index (χ3v) is 6.74. The smallest absolute Gasteiger partial charge is 0.231 e. The largest absolute Gasteiger partial charge is 0.467 e. The normalized spacial score (nSPS) is 20.0. The molecule has 2 atom stereocenters. The van der Waals surface area contributed by atoms with Gasteiger partial charge in [-0.25, -0.2) is 0 Å². The van der Waals surface area contributed by atoms with Crippen molar-refractivity contribution in [3.05, 3.63) is 47.9 Å². The SMILES string of the molecule is CC1CC(C)CN(c2nnc(SCC(=O)c3ccc4c(c3)OCO4)n2Cc2ccco2)C1. The first-order valence-electron chi connectivity index (χ1n) is 10.8. The van der Waals surface area contributed by atoms with Gasteiger partial charge in [0.15, 0.2) is 22.4 Å². The number of benzene rings is 1. The highest BCUT2D eigenvalue weighted by Gasteiger charge is 2.27. The fraction of sp³-hybridized carbons (Fsp3) is 0.435. The van der Waals surface area contributed by atoms with Crippen LogP contribution in [0.15, 0.2) is 46.2 Å². The van der Waals surface area contributed by atoms with Gasteiger partial charge in [0.25, 0.3) is 0 Å². The summed E-state index contributed by atoms with van der Waals surface area (Å²) in [5.74, 6) is 4.38. The van der Waals surface area contributed by atoms with Gasteiger partial charge in [-0.3, -0.25) is 9.36 Å². The predicted octanol–water partition coefficient (Wildman–Crippen LogP) is 4.11. The number of aromatic nitrogens is 3. The molecule has 1 aromatic carbocycles. The molecule has 2 aliphatic rings. The highest BCUT2D eigenvalue weighted by molar-refractivity contribution is 7.99. The summed E-state index contributed by atoms with van der Waals surface area (Å²) in [7, 11) is 0.